The lowest BCUT2D eigenvalue weighted by Gasteiger charge is -2.17. The Balaban J connectivity index is 2.47. The van der Waals surface area contributed by atoms with Gasteiger partial charge in [0.05, 0.1) is 6.61 Å². The third-order valence-electron chi connectivity index (χ3n) is 2.36. The van der Waals surface area contributed by atoms with E-state index in [1.165, 1.54) is 0 Å². The highest BCUT2D eigenvalue weighted by Crippen LogP contribution is 2.28. The van der Waals surface area contributed by atoms with Crippen molar-refractivity contribution < 1.29 is 19.4 Å². The fourth-order valence-corrected chi connectivity index (χ4v) is 1.84. The second kappa shape index (κ2) is 4.69. The van der Waals surface area contributed by atoms with Crippen LogP contribution in [-0.4, -0.2) is 29.9 Å². The summed E-state index contributed by atoms with van der Waals surface area (Å²) in [5.74, 6) is -1.06. The van der Waals surface area contributed by atoms with E-state index in [2.05, 4.69) is 0 Å². The van der Waals surface area contributed by atoms with E-state index in [-0.39, 0.29) is 35.1 Å². The maximum Gasteiger partial charge on any atom is 0.230 e. The van der Waals surface area contributed by atoms with Gasteiger partial charge in [0.1, 0.15) is 11.6 Å². The van der Waals surface area contributed by atoms with Crippen LogP contribution in [0.2, 0.25) is 0 Å². The summed E-state index contributed by atoms with van der Waals surface area (Å²) in [4.78, 5) is 23.8. The van der Waals surface area contributed by atoms with Crippen molar-refractivity contribution in [1.82, 2.24) is 0 Å². The third kappa shape index (κ3) is 1.97. The van der Waals surface area contributed by atoms with Gasteiger partial charge in [0.2, 0.25) is 11.6 Å². The highest BCUT2D eigenvalue weighted by atomic mass is 35.5. The van der Waals surface area contributed by atoms with Crippen molar-refractivity contribution in [1.29, 1.82) is 0 Å². The van der Waals surface area contributed by atoms with Crippen molar-refractivity contribution in [2.75, 3.05) is 13.2 Å². The van der Waals surface area contributed by atoms with Gasteiger partial charge in [0.25, 0.3) is 0 Å². The number of carbonyl (C=O) groups excluding carboxylic acids is 2. The minimum absolute atomic E-state index is 0.0766. The summed E-state index contributed by atoms with van der Waals surface area (Å²) in [6.07, 6.45) is 0. The topological polar surface area (TPSA) is 63.6 Å². The SMILES string of the molecule is O=C1C(Cl)=C(OCCO)C(=O)c2ccccc21. The quantitative estimate of drug-likeness (QED) is 0.886. The monoisotopic (exact) mass is 252 g/mol. The Bertz CT molecular complexity index is 519. The maximum atomic E-state index is 12.0. The van der Waals surface area contributed by atoms with Gasteiger partial charge in [-0.15, -0.1) is 0 Å². The summed E-state index contributed by atoms with van der Waals surface area (Å²) in [7, 11) is 0. The smallest absolute Gasteiger partial charge is 0.230 e. The molecule has 0 amide bonds. The number of rotatable bonds is 3. The summed E-state index contributed by atoms with van der Waals surface area (Å²) in [6.45, 7) is -0.330. The van der Waals surface area contributed by atoms with Gasteiger partial charge in [-0.1, -0.05) is 35.9 Å². The Labute approximate surface area is 102 Å². The molecule has 0 fully saturated rings. The molecule has 1 aromatic rings. The zero-order chi connectivity index (χ0) is 12.4. The lowest BCUT2D eigenvalue weighted by atomic mass is 9.93. The first kappa shape index (κ1) is 11.8. The second-order valence-corrected chi connectivity index (χ2v) is 3.80. The number of carbonyl (C=O) groups is 2. The molecule has 2 rings (SSSR count). The van der Waals surface area contributed by atoms with Crippen molar-refractivity contribution in [2.24, 2.45) is 0 Å². The van der Waals surface area contributed by atoms with Crippen LogP contribution in [0, 0.1) is 0 Å². The van der Waals surface area contributed by atoms with Crippen LogP contribution in [0.25, 0.3) is 0 Å². The van der Waals surface area contributed by atoms with E-state index >= 15 is 0 Å². The van der Waals surface area contributed by atoms with Crippen molar-refractivity contribution in [3.8, 4) is 0 Å². The van der Waals surface area contributed by atoms with Crippen LogP contribution in [0.4, 0.5) is 0 Å². The van der Waals surface area contributed by atoms with Gasteiger partial charge < -0.3 is 9.84 Å². The molecule has 0 saturated heterocycles. The molecule has 0 spiro atoms. The standard InChI is InChI=1S/C12H9ClO4/c13-9-10(15)7-3-1-2-4-8(7)11(16)12(9)17-6-5-14/h1-4,14H,5-6H2. The van der Waals surface area contributed by atoms with Gasteiger partial charge in [-0.3, -0.25) is 9.59 Å². The highest BCUT2D eigenvalue weighted by Gasteiger charge is 2.32. The predicted octanol–water partition coefficient (Wildman–Crippen LogP) is 1.52. The molecule has 17 heavy (non-hydrogen) atoms. The lowest BCUT2D eigenvalue weighted by molar-refractivity contribution is 0.0835. The van der Waals surface area contributed by atoms with Gasteiger partial charge in [-0.25, -0.2) is 0 Å². The van der Waals surface area contributed by atoms with Crippen molar-refractivity contribution in [3.05, 3.63) is 46.2 Å². The van der Waals surface area contributed by atoms with Crippen molar-refractivity contribution in [2.45, 2.75) is 0 Å². The Morgan fingerprint density at radius 2 is 1.71 bits per heavy atom. The molecule has 0 radical (unpaired) electrons. The molecule has 0 heterocycles. The van der Waals surface area contributed by atoms with Crippen LogP contribution < -0.4 is 0 Å². The maximum absolute atomic E-state index is 12.0. The molecule has 1 aliphatic rings. The summed E-state index contributed by atoms with van der Waals surface area (Å²) >= 11 is 5.79. The first-order chi connectivity index (χ1) is 8.16. The molecule has 88 valence electrons. The van der Waals surface area contributed by atoms with Crippen LogP contribution >= 0.6 is 11.6 Å². The molecule has 1 N–H and O–H groups in total. The van der Waals surface area contributed by atoms with Gasteiger partial charge in [-0.05, 0) is 0 Å². The fraction of sp³-hybridized carbons (Fsp3) is 0.167. The number of fused-ring (bicyclic) bond motifs is 1. The number of ketones is 2. The van der Waals surface area contributed by atoms with E-state index in [1.807, 2.05) is 0 Å². The van der Waals surface area contributed by atoms with Crippen LogP contribution in [0.5, 0.6) is 0 Å². The van der Waals surface area contributed by atoms with Crippen LogP contribution in [0.15, 0.2) is 35.1 Å². The fourth-order valence-electron chi connectivity index (χ4n) is 1.60. The van der Waals surface area contributed by atoms with Crippen LogP contribution in [0.3, 0.4) is 0 Å². The number of aliphatic hydroxyl groups is 1. The molecule has 4 nitrogen and oxygen atoms in total. The normalized spacial score (nSPS) is 14.9. The first-order valence-electron chi connectivity index (χ1n) is 4.98. The molecule has 0 bridgehead atoms. The molecule has 0 saturated carbocycles. The number of benzene rings is 1. The van der Waals surface area contributed by atoms with E-state index in [0.717, 1.165) is 0 Å². The average Bonchev–Trinajstić information content (AvgIpc) is 2.36. The predicted molar refractivity (Wildman–Crippen MR) is 61.0 cm³/mol. The number of ether oxygens (including phenoxy) is 1. The number of hydrogen-bond donors (Lipinski definition) is 1. The first-order valence-corrected chi connectivity index (χ1v) is 5.36. The molecule has 0 unspecified atom stereocenters. The third-order valence-corrected chi connectivity index (χ3v) is 2.70. The summed E-state index contributed by atoms with van der Waals surface area (Å²) in [5.41, 5.74) is 0.550. The van der Waals surface area contributed by atoms with Gasteiger partial charge in [-0.2, -0.15) is 0 Å². The molecule has 1 aliphatic carbocycles. The number of halogens is 1. The molecule has 5 heteroatoms. The second-order valence-electron chi connectivity index (χ2n) is 3.42. The summed E-state index contributed by atoms with van der Waals surface area (Å²) < 4.78 is 5.01. The lowest BCUT2D eigenvalue weighted by Crippen LogP contribution is -2.22. The average molecular weight is 253 g/mol. The number of allylic oxidation sites excluding steroid dienone is 2. The van der Waals surface area contributed by atoms with Crippen LogP contribution in [-0.2, 0) is 4.74 Å². The minimum atomic E-state index is -0.435. The molecular formula is C12H9ClO4. The van der Waals surface area contributed by atoms with E-state index in [9.17, 15) is 9.59 Å². The molecule has 1 aromatic carbocycles. The highest BCUT2D eigenvalue weighted by molar-refractivity contribution is 6.49. The minimum Gasteiger partial charge on any atom is -0.485 e. The van der Waals surface area contributed by atoms with E-state index < -0.39 is 11.6 Å². The van der Waals surface area contributed by atoms with E-state index in [4.69, 9.17) is 21.4 Å². The Morgan fingerprint density at radius 1 is 1.12 bits per heavy atom. The zero-order valence-corrected chi connectivity index (χ0v) is 9.53. The summed E-state index contributed by atoms with van der Waals surface area (Å²) in [5, 5.41) is 8.41. The van der Waals surface area contributed by atoms with Crippen LogP contribution in [0.1, 0.15) is 20.7 Å². The zero-order valence-electron chi connectivity index (χ0n) is 8.77. The van der Waals surface area contributed by atoms with E-state index in [0.29, 0.717) is 0 Å². The van der Waals surface area contributed by atoms with Crippen molar-refractivity contribution >= 4 is 23.2 Å². The van der Waals surface area contributed by atoms with Gasteiger partial charge in [0, 0.05) is 11.1 Å². The molecule has 0 atom stereocenters. The number of aliphatic hydroxyl groups excluding tert-OH is 1. The van der Waals surface area contributed by atoms with Gasteiger partial charge in [0.15, 0.2) is 5.76 Å². The molecule has 0 aliphatic heterocycles. The Kier molecular flexibility index (Phi) is 3.26. The number of Topliss-reactive ketones (excluding diaryl/α,β-unsaturated/α-hetero) is 2. The van der Waals surface area contributed by atoms with Gasteiger partial charge >= 0.3 is 0 Å². The molecular weight excluding hydrogens is 244 g/mol. The largest absolute Gasteiger partial charge is 0.485 e. The Morgan fingerprint density at radius 3 is 2.29 bits per heavy atom. The Hall–Kier alpha value is -1.65. The van der Waals surface area contributed by atoms with Crippen molar-refractivity contribution in [3.63, 3.8) is 0 Å². The van der Waals surface area contributed by atoms with E-state index in [1.54, 1.807) is 24.3 Å². The number of hydrogen-bond acceptors (Lipinski definition) is 4. The summed E-state index contributed by atoms with van der Waals surface area (Å²) in [6, 6.07) is 6.41. The molecule has 0 aromatic heterocycles.